The maximum Gasteiger partial charge on any atom is 0.287 e. The molecule has 18 heavy (non-hydrogen) atoms. The monoisotopic (exact) mass is 328 g/mol. The van der Waals surface area contributed by atoms with Crippen molar-refractivity contribution in [3.8, 4) is 0 Å². The van der Waals surface area contributed by atoms with Gasteiger partial charge >= 0.3 is 0 Å². The van der Waals surface area contributed by atoms with Crippen molar-refractivity contribution in [2.24, 2.45) is 0 Å². The highest BCUT2D eigenvalue weighted by atomic mass is 79.9. The van der Waals surface area contributed by atoms with Gasteiger partial charge in [-0.3, -0.25) is 4.79 Å². The number of halogens is 1. The van der Waals surface area contributed by atoms with Crippen molar-refractivity contribution in [1.29, 1.82) is 0 Å². The minimum Gasteiger partial charge on any atom is -0.444 e. The standard InChI is InChI=1S/C12H13BrN2O2S/c1-3-8-6-14-12(18-8)7(2)15-11(16)9-4-5-10(13)17-9/h4-7H,3H2,1-2H3,(H,15,16). The Morgan fingerprint density at radius 1 is 1.61 bits per heavy atom. The number of carbonyl (C=O) groups is 1. The maximum absolute atomic E-state index is 11.9. The number of aryl methyl sites for hydroxylation is 1. The van der Waals surface area contributed by atoms with Crippen molar-refractivity contribution in [2.75, 3.05) is 0 Å². The van der Waals surface area contributed by atoms with E-state index in [1.807, 2.05) is 13.1 Å². The van der Waals surface area contributed by atoms with Crippen LogP contribution in [0.5, 0.6) is 0 Å². The number of carbonyl (C=O) groups excluding carboxylic acids is 1. The lowest BCUT2D eigenvalue weighted by molar-refractivity contribution is 0.0910. The number of rotatable bonds is 4. The lowest BCUT2D eigenvalue weighted by Crippen LogP contribution is -2.26. The molecule has 0 aromatic carbocycles. The molecule has 0 radical (unpaired) electrons. The number of amides is 1. The highest BCUT2D eigenvalue weighted by Gasteiger charge is 2.16. The molecule has 2 heterocycles. The Hall–Kier alpha value is -1.14. The molecule has 1 N–H and O–H groups in total. The summed E-state index contributed by atoms with van der Waals surface area (Å²) in [6.07, 6.45) is 2.82. The van der Waals surface area contributed by atoms with Crippen LogP contribution in [0.3, 0.4) is 0 Å². The highest BCUT2D eigenvalue weighted by Crippen LogP contribution is 2.21. The fourth-order valence-electron chi connectivity index (χ4n) is 1.45. The molecule has 6 heteroatoms. The quantitative estimate of drug-likeness (QED) is 0.933. The number of nitrogens with zero attached hydrogens (tertiary/aromatic N) is 1. The van der Waals surface area contributed by atoms with Crippen molar-refractivity contribution in [3.05, 3.63) is 38.6 Å². The third kappa shape index (κ3) is 3.00. The van der Waals surface area contributed by atoms with Gasteiger partial charge in [0, 0.05) is 11.1 Å². The lowest BCUT2D eigenvalue weighted by atomic mass is 10.3. The van der Waals surface area contributed by atoms with Crippen LogP contribution in [0.4, 0.5) is 0 Å². The van der Waals surface area contributed by atoms with E-state index in [-0.39, 0.29) is 11.9 Å². The van der Waals surface area contributed by atoms with Gasteiger partial charge in [0.15, 0.2) is 10.4 Å². The number of thiazole rings is 1. The first-order valence-corrected chi connectivity index (χ1v) is 7.22. The van der Waals surface area contributed by atoms with Crippen molar-refractivity contribution >= 4 is 33.2 Å². The van der Waals surface area contributed by atoms with Crippen LogP contribution >= 0.6 is 27.3 Å². The fraction of sp³-hybridized carbons (Fsp3) is 0.333. The molecule has 1 atom stereocenters. The predicted octanol–water partition coefficient (Wildman–Crippen LogP) is 3.55. The average Bonchev–Trinajstić information content (AvgIpc) is 2.97. The normalized spacial score (nSPS) is 12.4. The minimum absolute atomic E-state index is 0.119. The second kappa shape index (κ2) is 5.67. The van der Waals surface area contributed by atoms with Crippen molar-refractivity contribution in [1.82, 2.24) is 10.3 Å². The molecule has 2 aromatic heterocycles. The van der Waals surface area contributed by atoms with Gasteiger partial charge in [-0.1, -0.05) is 6.92 Å². The summed E-state index contributed by atoms with van der Waals surface area (Å²) in [6, 6.07) is 3.20. The van der Waals surface area contributed by atoms with E-state index in [4.69, 9.17) is 4.42 Å². The van der Waals surface area contributed by atoms with Crippen LogP contribution in [-0.4, -0.2) is 10.9 Å². The highest BCUT2D eigenvalue weighted by molar-refractivity contribution is 9.10. The van der Waals surface area contributed by atoms with Gasteiger partial charge in [0.1, 0.15) is 5.01 Å². The van der Waals surface area contributed by atoms with Crippen LogP contribution < -0.4 is 5.32 Å². The zero-order chi connectivity index (χ0) is 13.1. The molecule has 96 valence electrons. The average molecular weight is 329 g/mol. The van der Waals surface area contributed by atoms with Crippen LogP contribution in [-0.2, 0) is 6.42 Å². The molecule has 0 aliphatic carbocycles. The topological polar surface area (TPSA) is 55.1 Å². The van der Waals surface area contributed by atoms with E-state index in [1.54, 1.807) is 23.5 Å². The Kier molecular flexibility index (Phi) is 4.19. The first-order chi connectivity index (χ1) is 8.60. The van der Waals surface area contributed by atoms with Gasteiger partial charge in [-0.25, -0.2) is 4.98 Å². The first kappa shape index (κ1) is 13.3. The van der Waals surface area contributed by atoms with E-state index < -0.39 is 0 Å². The summed E-state index contributed by atoms with van der Waals surface area (Å²) in [7, 11) is 0. The molecule has 0 aliphatic heterocycles. The van der Waals surface area contributed by atoms with Crippen molar-refractivity contribution in [2.45, 2.75) is 26.3 Å². The van der Waals surface area contributed by atoms with Crippen LogP contribution in [0.25, 0.3) is 0 Å². The van der Waals surface area contributed by atoms with Gasteiger partial charge in [0.05, 0.1) is 6.04 Å². The molecule has 4 nitrogen and oxygen atoms in total. The lowest BCUT2D eigenvalue weighted by Gasteiger charge is -2.09. The van der Waals surface area contributed by atoms with Crippen LogP contribution in [0.1, 0.15) is 40.3 Å². The van der Waals surface area contributed by atoms with Crippen molar-refractivity contribution in [3.63, 3.8) is 0 Å². The van der Waals surface area contributed by atoms with Gasteiger partial charge in [-0.2, -0.15) is 0 Å². The molecular weight excluding hydrogens is 316 g/mol. The summed E-state index contributed by atoms with van der Waals surface area (Å²) in [4.78, 5) is 17.4. The molecule has 0 saturated heterocycles. The summed E-state index contributed by atoms with van der Waals surface area (Å²) in [6.45, 7) is 4.00. The summed E-state index contributed by atoms with van der Waals surface area (Å²) in [5, 5.41) is 3.77. The Morgan fingerprint density at radius 2 is 2.39 bits per heavy atom. The van der Waals surface area contributed by atoms with Gasteiger partial charge in [-0.05, 0) is 41.4 Å². The Balaban J connectivity index is 2.02. The molecule has 0 saturated carbocycles. The first-order valence-electron chi connectivity index (χ1n) is 5.61. The molecule has 1 amide bonds. The van der Waals surface area contributed by atoms with E-state index in [9.17, 15) is 4.79 Å². The third-order valence-corrected chi connectivity index (χ3v) is 4.19. The molecule has 2 rings (SSSR count). The second-order valence-corrected chi connectivity index (χ2v) is 5.75. The molecule has 2 aromatic rings. The number of hydrogen-bond acceptors (Lipinski definition) is 4. The van der Waals surface area contributed by atoms with E-state index in [2.05, 4.69) is 33.2 Å². The van der Waals surface area contributed by atoms with E-state index in [0.29, 0.717) is 10.4 Å². The van der Waals surface area contributed by atoms with Crippen LogP contribution in [0.15, 0.2) is 27.4 Å². The smallest absolute Gasteiger partial charge is 0.287 e. The van der Waals surface area contributed by atoms with E-state index >= 15 is 0 Å². The molecule has 0 aliphatic rings. The zero-order valence-corrected chi connectivity index (χ0v) is 12.5. The largest absolute Gasteiger partial charge is 0.444 e. The molecule has 0 fully saturated rings. The SMILES string of the molecule is CCc1cnc(C(C)NC(=O)c2ccc(Br)o2)s1. The van der Waals surface area contributed by atoms with Gasteiger partial charge < -0.3 is 9.73 Å². The molecule has 0 bridgehead atoms. The number of furan rings is 1. The summed E-state index contributed by atoms with van der Waals surface area (Å²) < 4.78 is 5.74. The van der Waals surface area contributed by atoms with Gasteiger partial charge in [0.2, 0.25) is 0 Å². The van der Waals surface area contributed by atoms with Gasteiger partial charge in [-0.15, -0.1) is 11.3 Å². The third-order valence-electron chi connectivity index (χ3n) is 2.43. The predicted molar refractivity (Wildman–Crippen MR) is 73.8 cm³/mol. The Bertz CT molecular complexity index is 550. The number of hydrogen-bond donors (Lipinski definition) is 1. The number of aromatic nitrogens is 1. The summed E-state index contributed by atoms with van der Waals surface area (Å²) in [5.41, 5.74) is 0. The van der Waals surface area contributed by atoms with Crippen LogP contribution in [0, 0.1) is 0 Å². The molecule has 0 spiro atoms. The Morgan fingerprint density at radius 3 is 2.94 bits per heavy atom. The molecular formula is C12H13BrN2O2S. The van der Waals surface area contributed by atoms with Crippen molar-refractivity contribution < 1.29 is 9.21 Å². The summed E-state index contributed by atoms with van der Waals surface area (Å²) in [5.74, 6) is 0.0578. The molecule has 1 unspecified atom stereocenters. The van der Waals surface area contributed by atoms with E-state index in [1.165, 1.54) is 4.88 Å². The minimum atomic E-state index is -0.235. The maximum atomic E-state index is 11.9. The summed E-state index contributed by atoms with van der Waals surface area (Å²) >= 11 is 4.78. The van der Waals surface area contributed by atoms with Crippen LogP contribution in [0.2, 0.25) is 0 Å². The van der Waals surface area contributed by atoms with Gasteiger partial charge in [0.25, 0.3) is 5.91 Å². The second-order valence-electron chi connectivity index (χ2n) is 3.82. The number of nitrogens with one attached hydrogen (secondary N) is 1. The Labute approximate surface area is 118 Å². The fourth-order valence-corrected chi connectivity index (χ4v) is 2.62. The zero-order valence-electron chi connectivity index (χ0n) is 10.1. The van der Waals surface area contributed by atoms with E-state index in [0.717, 1.165) is 11.4 Å².